The van der Waals surface area contributed by atoms with Gasteiger partial charge in [-0.05, 0) is 19.9 Å². The molecule has 3 N–H and O–H groups in total. The number of carboxylic acids is 1. The maximum Gasteiger partial charge on any atom is 0.323 e. The molecular weight excluding hydrogens is 226 g/mol. The third kappa shape index (κ3) is 3.53. The van der Waals surface area contributed by atoms with Crippen LogP contribution in [-0.2, 0) is 4.79 Å². The lowest BCUT2D eigenvalue weighted by atomic mass is 9.99. The van der Waals surface area contributed by atoms with Gasteiger partial charge in [0.2, 0.25) is 0 Å². The summed E-state index contributed by atoms with van der Waals surface area (Å²) in [5.41, 5.74) is -0.853. The number of aromatic amines is 1. The van der Waals surface area contributed by atoms with Crippen molar-refractivity contribution in [2.75, 3.05) is 12.3 Å². The monoisotopic (exact) mass is 243 g/mol. The molecule has 1 aromatic rings. The van der Waals surface area contributed by atoms with Crippen LogP contribution in [0, 0.1) is 0 Å². The van der Waals surface area contributed by atoms with Crippen molar-refractivity contribution in [2.45, 2.75) is 31.0 Å². The predicted octanol–water partition coefficient (Wildman–Crippen LogP) is 1.34. The van der Waals surface area contributed by atoms with Crippen molar-refractivity contribution in [2.24, 2.45) is 0 Å². The average Bonchev–Trinajstić information content (AvgIpc) is 2.70. The minimum absolute atomic E-state index is 0.557. The molecule has 0 amide bonds. The van der Waals surface area contributed by atoms with Crippen molar-refractivity contribution in [3.05, 3.63) is 12.4 Å². The molecule has 6 heteroatoms. The number of carboxylic acid groups (broad SMARTS) is 1. The van der Waals surface area contributed by atoms with E-state index in [-0.39, 0.29) is 0 Å². The Morgan fingerprint density at radius 2 is 2.50 bits per heavy atom. The lowest BCUT2D eigenvalue weighted by Crippen LogP contribution is -2.49. The molecule has 0 bridgehead atoms. The molecule has 0 spiro atoms. The highest BCUT2D eigenvalue weighted by atomic mass is 32.2. The molecule has 0 fully saturated rings. The first-order valence-electron chi connectivity index (χ1n) is 5.19. The number of H-pyrrole nitrogens is 1. The van der Waals surface area contributed by atoms with Gasteiger partial charge in [0.15, 0.2) is 5.16 Å². The lowest BCUT2D eigenvalue weighted by molar-refractivity contribution is -0.144. The summed E-state index contributed by atoms with van der Waals surface area (Å²) >= 11 is 1.53. The summed E-state index contributed by atoms with van der Waals surface area (Å²) in [6.45, 7) is 4.26. The minimum atomic E-state index is -0.853. The Morgan fingerprint density at radius 1 is 1.75 bits per heavy atom. The largest absolute Gasteiger partial charge is 0.480 e. The van der Waals surface area contributed by atoms with Gasteiger partial charge in [-0.25, -0.2) is 4.98 Å². The van der Waals surface area contributed by atoms with Crippen LogP contribution in [0.3, 0.4) is 0 Å². The van der Waals surface area contributed by atoms with E-state index in [0.29, 0.717) is 18.7 Å². The van der Waals surface area contributed by atoms with E-state index in [9.17, 15) is 4.79 Å². The molecule has 0 aliphatic heterocycles. The fraction of sp³-hybridized carbons (Fsp3) is 0.600. The zero-order valence-electron chi connectivity index (χ0n) is 9.49. The molecule has 0 aliphatic carbocycles. The summed E-state index contributed by atoms with van der Waals surface area (Å²) in [6, 6.07) is 0. The van der Waals surface area contributed by atoms with Crippen LogP contribution in [0.4, 0.5) is 0 Å². The van der Waals surface area contributed by atoms with Crippen molar-refractivity contribution in [3.8, 4) is 0 Å². The van der Waals surface area contributed by atoms with Gasteiger partial charge < -0.3 is 15.4 Å². The van der Waals surface area contributed by atoms with Crippen molar-refractivity contribution >= 4 is 17.7 Å². The Bertz CT molecular complexity index is 329. The first-order chi connectivity index (χ1) is 7.58. The van der Waals surface area contributed by atoms with Gasteiger partial charge in [-0.1, -0.05) is 18.7 Å². The molecule has 16 heavy (non-hydrogen) atoms. The highest BCUT2D eigenvalue weighted by Crippen LogP contribution is 2.18. The number of aliphatic carboxylic acids is 1. The molecule has 0 aliphatic rings. The maximum atomic E-state index is 11.1. The predicted molar refractivity (Wildman–Crippen MR) is 63.6 cm³/mol. The number of aromatic nitrogens is 2. The van der Waals surface area contributed by atoms with E-state index in [2.05, 4.69) is 15.3 Å². The average molecular weight is 243 g/mol. The highest BCUT2D eigenvalue weighted by Gasteiger charge is 2.31. The molecule has 0 radical (unpaired) electrons. The molecule has 1 atom stereocenters. The van der Waals surface area contributed by atoms with Gasteiger partial charge in [0.05, 0.1) is 0 Å². The molecule has 5 nitrogen and oxygen atoms in total. The SMILES string of the molecule is CCNC(C)(CCSc1ncc[nH]1)C(=O)O. The summed E-state index contributed by atoms with van der Waals surface area (Å²) in [5, 5.41) is 12.9. The summed E-state index contributed by atoms with van der Waals surface area (Å²) in [7, 11) is 0. The minimum Gasteiger partial charge on any atom is -0.480 e. The Hall–Kier alpha value is -1.01. The van der Waals surface area contributed by atoms with Crippen molar-refractivity contribution < 1.29 is 9.90 Å². The van der Waals surface area contributed by atoms with Gasteiger partial charge >= 0.3 is 5.97 Å². The van der Waals surface area contributed by atoms with Crippen LogP contribution in [0.1, 0.15) is 20.3 Å². The standard InChI is InChI=1S/C10H17N3O2S/c1-3-13-10(2,8(14)15)4-7-16-9-11-5-6-12-9/h5-6,13H,3-4,7H2,1-2H3,(H,11,12)(H,14,15). The lowest BCUT2D eigenvalue weighted by Gasteiger charge is -2.25. The van der Waals surface area contributed by atoms with Crippen molar-refractivity contribution in [1.82, 2.24) is 15.3 Å². The maximum absolute atomic E-state index is 11.1. The second kappa shape index (κ2) is 5.91. The molecular formula is C10H17N3O2S. The molecule has 0 saturated carbocycles. The van der Waals surface area contributed by atoms with E-state index in [0.717, 1.165) is 5.16 Å². The number of hydrogen-bond donors (Lipinski definition) is 3. The molecule has 90 valence electrons. The Balaban J connectivity index is 2.41. The first-order valence-corrected chi connectivity index (χ1v) is 6.17. The molecule has 1 heterocycles. The number of likely N-dealkylation sites (N-methyl/N-ethyl adjacent to an activating group) is 1. The number of thioether (sulfide) groups is 1. The van der Waals surface area contributed by atoms with Crippen LogP contribution in [0.2, 0.25) is 0 Å². The Morgan fingerprint density at radius 3 is 3.00 bits per heavy atom. The van der Waals surface area contributed by atoms with E-state index in [1.54, 1.807) is 19.3 Å². The summed E-state index contributed by atoms with van der Waals surface area (Å²) < 4.78 is 0. The molecule has 1 unspecified atom stereocenters. The van der Waals surface area contributed by atoms with Crippen LogP contribution in [0.5, 0.6) is 0 Å². The van der Waals surface area contributed by atoms with Crippen LogP contribution in [0.15, 0.2) is 17.6 Å². The Kier molecular flexibility index (Phi) is 4.82. The molecule has 1 rings (SSSR count). The summed E-state index contributed by atoms with van der Waals surface area (Å²) in [4.78, 5) is 18.1. The number of nitrogens with one attached hydrogen (secondary N) is 2. The molecule has 0 aromatic carbocycles. The van der Waals surface area contributed by atoms with E-state index in [4.69, 9.17) is 5.11 Å². The van der Waals surface area contributed by atoms with Crippen LogP contribution >= 0.6 is 11.8 Å². The van der Waals surface area contributed by atoms with Gasteiger partial charge in [0.25, 0.3) is 0 Å². The number of hydrogen-bond acceptors (Lipinski definition) is 4. The van der Waals surface area contributed by atoms with E-state index in [1.807, 2.05) is 6.92 Å². The smallest absolute Gasteiger partial charge is 0.323 e. The Labute approximate surface area is 99.0 Å². The fourth-order valence-electron chi connectivity index (χ4n) is 1.34. The van der Waals surface area contributed by atoms with Gasteiger partial charge in [-0.3, -0.25) is 4.79 Å². The number of rotatable bonds is 7. The first kappa shape index (κ1) is 13.1. The summed E-state index contributed by atoms with van der Waals surface area (Å²) in [6.07, 6.45) is 3.99. The third-order valence-corrected chi connectivity index (χ3v) is 3.26. The van der Waals surface area contributed by atoms with Gasteiger partial charge in [-0.15, -0.1) is 0 Å². The van der Waals surface area contributed by atoms with Crippen molar-refractivity contribution in [1.29, 1.82) is 0 Å². The number of imidazole rings is 1. The van der Waals surface area contributed by atoms with E-state index >= 15 is 0 Å². The van der Waals surface area contributed by atoms with Crippen LogP contribution in [-0.4, -0.2) is 38.9 Å². The molecule has 0 saturated heterocycles. The number of nitrogens with zero attached hydrogens (tertiary/aromatic N) is 1. The molecule has 1 aromatic heterocycles. The second-order valence-corrected chi connectivity index (χ2v) is 4.74. The van der Waals surface area contributed by atoms with Crippen LogP contribution < -0.4 is 5.32 Å². The topological polar surface area (TPSA) is 78.0 Å². The normalized spacial score (nSPS) is 14.6. The second-order valence-electron chi connectivity index (χ2n) is 3.66. The van der Waals surface area contributed by atoms with Gasteiger partial charge in [0.1, 0.15) is 5.54 Å². The van der Waals surface area contributed by atoms with Gasteiger partial charge in [0, 0.05) is 18.1 Å². The highest BCUT2D eigenvalue weighted by molar-refractivity contribution is 7.99. The quantitative estimate of drug-likeness (QED) is 0.630. The summed E-state index contributed by atoms with van der Waals surface area (Å²) in [5.74, 6) is -0.0991. The van der Waals surface area contributed by atoms with E-state index < -0.39 is 11.5 Å². The third-order valence-electron chi connectivity index (χ3n) is 2.35. The van der Waals surface area contributed by atoms with Crippen LogP contribution in [0.25, 0.3) is 0 Å². The van der Waals surface area contributed by atoms with E-state index in [1.165, 1.54) is 11.8 Å². The van der Waals surface area contributed by atoms with Crippen molar-refractivity contribution in [3.63, 3.8) is 0 Å². The zero-order chi connectivity index (χ0) is 12.0. The number of carbonyl (C=O) groups is 1. The fourth-order valence-corrected chi connectivity index (χ4v) is 2.33. The van der Waals surface area contributed by atoms with Gasteiger partial charge in [-0.2, -0.15) is 0 Å². The zero-order valence-corrected chi connectivity index (χ0v) is 10.3.